The van der Waals surface area contributed by atoms with Crippen molar-refractivity contribution in [2.75, 3.05) is 19.6 Å². The maximum absolute atomic E-state index is 14.2. The highest BCUT2D eigenvalue weighted by Crippen LogP contribution is 2.42. The summed E-state index contributed by atoms with van der Waals surface area (Å²) in [5.74, 6) is 4.43. The van der Waals surface area contributed by atoms with E-state index in [1.165, 1.54) is 44.9 Å². The van der Waals surface area contributed by atoms with E-state index in [0.29, 0.717) is 46.7 Å². The summed E-state index contributed by atoms with van der Waals surface area (Å²) < 4.78 is 0. The number of piperazine rings is 1. The molecule has 8 unspecified atom stereocenters. The van der Waals surface area contributed by atoms with Crippen molar-refractivity contribution >= 4 is 21.8 Å². The summed E-state index contributed by atoms with van der Waals surface area (Å²) in [5.41, 5.74) is 0. The smallest absolute Gasteiger partial charge is 0.227 e. The third-order valence-electron chi connectivity index (χ3n) is 11.1. The first-order valence-corrected chi connectivity index (χ1v) is 16.6. The molecule has 0 bridgehead atoms. The van der Waals surface area contributed by atoms with Crippen molar-refractivity contribution in [1.82, 2.24) is 15.1 Å². The number of fused-ring (bicyclic) bond motifs is 1. The fourth-order valence-electron chi connectivity index (χ4n) is 8.87. The summed E-state index contributed by atoms with van der Waals surface area (Å²) in [7, 11) is 0. The molecule has 8 atom stereocenters. The Morgan fingerprint density at radius 3 is 2.28 bits per heavy atom. The van der Waals surface area contributed by atoms with Crippen LogP contribution in [0.25, 0.3) is 0 Å². The molecule has 0 aromatic carbocycles. The molecule has 1 N–H and O–H groups in total. The molecule has 4 aliphatic rings. The summed E-state index contributed by atoms with van der Waals surface area (Å²) in [6.07, 6.45) is 12.5. The second-order valence-corrected chi connectivity index (χ2v) is 14.5. The van der Waals surface area contributed by atoms with E-state index in [4.69, 9.17) is 0 Å². The molecule has 4 rings (SSSR count). The summed E-state index contributed by atoms with van der Waals surface area (Å²) in [4.78, 5) is 20.1. The van der Waals surface area contributed by atoms with Crippen LogP contribution < -0.4 is 5.32 Å². The Labute approximate surface area is 231 Å². The largest absolute Gasteiger partial charge is 0.337 e. The highest BCUT2D eigenvalue weighted by molar-refractivity contribution is 9.09. The minimum Gasteiger partial charge on any atom is -0.337 e. The molecule has 1 amide bonds. The zero-order valence-corrected chi connectivity index (χ0v) is 25.8. The molecule has 2 heterocycles. The second-order valence-electron chi connectivity index (χ2n) is 13.3. The quantitative estimate of drug-likeness (QED) is 0.332. The van der Waals surface area contributed by atoms with Crippen LogP contribution in [0.1, 0.15) is 106 Å². The molecule has 4 nitrogen and oxygen atoms in total. The van der Waals surface area contributed by atoms with Gasteiger partial charge in [-0.1, -0.05) is 57.0 Å². The number of amides is 1. The van der Waals surface area contributed by atoms with Gasteiger partial charge >= 0.3 is 0 Å². The number of carbonyl (C=O) groups is 1. The minimum absolute atomic E-state index is 0.165. The fourth-order valence-corrected chi connectivity index (χ4v) is 9.73. The van der Waals surface area contributed by atoms with Crippen molar-refractivity contribution in [1.29, 1.82) is 0 Å². The Bertz CT molecular complexity index is 708. The number of rotatable bonds is 8. The topological polar surface area (TPSA) is 35.6 Å². The molecule has 5 heteroatoms. The Hall–Kier alpha value is -0.130. The van der Waals surface area contributed by atoms with E-state index in [2.05, 4.69) is 72.6 Å². The molecule has 0 spiro atoms. The lowest BCUT2D eigenvalue weighted by Gasteiger charge is -2.54. The molecule has 0 radical (unpaired) electrons. The number of hydrogen-bond acceptors (Lipinski definition) is 3. The average molecular weight is 567 g/mol. The lowest BCUT2D eigenvalue weighted by molar-refractivity contribution is -0.148. The van der Waals surface area contributed by atoms with Crippen molar-refractivity contribution < 1.29 is 4.79 Å². The van der Waals surface area contributed by atoms with Gasteiger partial charge in [0.1, 0.15) is 0 Å². The van der Waals surface area contributed by atoms with Gasteiger partial charge in [-0.2, -0.15) is 0 Å². The molecule has 208 valence electrons. The van der Waals surface area contributed by atoms with Gasteiger partial charge in [-0.05, 0) is 101 Å². The monoisotopic (exact) mass is 565 g/mol. The maximum atomic E-state index is 14.2. The molecular formula is C31H56BrN3O. The van der Waals surface area contributed by atoms with Gasteiger partial charge in [-0.15, -0.1) is 0 Å². The fraction of sp³-hybridized carbons (Fsp3) is 0.968. The Balaban J connectivity index is 1.51. The van der Waals surface area contributed by atoms with Crippen LogP contribution in [0.5, 0.6) is 0 Å². The van der Waals surface area contributed by atoms with E-state index in [9.17, 15) is 4.79 Å². The van der Waals surface area contributed by atoms with Crippen LogP contribution in [0.3, 0.4) is 0 Å². The third kappa shape index (κ3) is 5.88. The predicted molar refractivity (Wildman–Crippen MR) is 155 cm³/mol. The first-order valence-electron chi connectivity index (χ1n) is 15.7. The highest BCUT2D eigenvalue weighted by Gasteiger charge is 2.49. The van der Waals surface area contributed by atoms with Gasteiger partial charge < -0.3 is 10.2 Å². The van der Waals surface area contributed by atoms with Crippen molar-refractivity contribution in [3.05, 3.63) is 0 Å². The Kier molecular flexibility index (Phi) is 10.3. The van der Waals surface area contributed by atoms with E-state index in [1.807, 2.05) is 0 Å². The van der Waals surface area contributed by atoms with Gasteiger partial charge in [0.25, 0.3) is 0 Å². The van der Waals surface area contributed by atoms with E-state index >= 15 is 0 Å². The van der Waals surface area contributed by atoms with E-state index in [-0.39, 0.29) is 5.92 Å². The first kappa shape index (κ1) is 28.9. The van der Waals surface area contributed by atoms with Gasteiger partial charge in [0.15, 0.2) is 0 Å². The molecule has 0 aromatic rings. The number of nitrogens with zero attached hydrogens (tertiary/aromatic N) is 2. The SMILES string of the molecule is CCCC(C)C1C(CC)N(C(=O)C2CCC(Br)C3CCNC23)CCN1C(C)C1CCC(C(C)C)CC1. The van der Waals surface area contributed by atoms with Crippen molar-refractivity contribution in [2.24, 2.45) is 35.5 Å². The molecule has 0 aromatic heterocycles. The summed E-state index contributed by atoms with van der Waals surface area (Å²) >= 11 is 3.94. The van der Waals surface area contributed by atoms with Gasteiger partial charge in [0.05, 0.1) is 5.92 Å². The standard InChI is InChI=1S/C31H56BrN3O/c1-7-9-21(5)30-28(8-2)35(31(36)26-14-15-27(32)25-16-17-33-29(25)26)19-18-34(30)22(6)24-12-10-23(11-13-24)20(3)4/h20-30,33H,7-19H2,1-6H3. The van der Waals surface area contributed by atoms with Crippen LogP contribution >= 0.6 is 15.9 Å². The molecule has 36 heavy (non-hydrogen) atoms. The lowest BCUT2D eigenvalue weighted by Crippen LogP contribution is -2.67. The number of alkyl halides is 1. The molecule has 2 saturated heterocycles. The molecule has 2 saturated carbocycles. The zero-order chi connectivity index (χ0) is 26.0. The van der Waals surface area contributed by atoms with E-state index in [0.717, 1.165) is 56.7 Å². The minimum atomic E-state index is 0.165. The van der Waals surface area contributed by atoms with Gasteiger partial charge in [0.2, 0.25) is 5.91 Å². The summed E-state index contributed by atoms with van der Waals surface area (Å²) in [6, 6.07) is 1.83. The van der Waals surface area contributed by atoms with Crippen LogP contribution in [0.4, 0.5) is 0 Å². The number of nitrogens with one attached hydrogen (secondary N) is 1. The van der Waals surface area contributed by atoms with Crippen LogP contribution in [0.15, 0.2) is 0 Å². The van der Waals surface area contributed by atoms with Crippen molar-refractivity contribution in [2.45, 2.75) is 135 Å². The molecule has 2 aliphatic heterocycles. The first-order chi connectivity index (χ1) is 17.3. The van der Waals surface area contributed by atoms with E-state index in [1.54, 1.807) is 0 Å². The predicted octanol–water partition coefficient (Wildman–Crippen LogP) is 6.72. The number of carbonyl (C=O) groups excluding carboxylic acids is 1. The van der Waals surface area contributed by atoms with Crippen molar-refractivity contribution in [3.63, 3.8) is 0 Å². The number of halogens is 1. The molecule has 2 aliphatic carbocycles. The van der Waals surface area contributed by atoms with Gasteiger partial charge in [-0.3, -0.25) is 9.69 Å². The van der Waals surface area contributed by atoms with E-state index < -0.39 is 0 Å². The Morgan fingerprint density at radius 2 is 1.64 bits per heavy atom. The molecule has 4 fully saturated rings. The summed E-state index contributed by atoms with van der Waals surface area (Å²) in [6.45, 7) is 17.5. The normalized spacial score (nSPS) is 39.7. The van der Waals surface area contributed by atoms with Crippen LogP contribution in [0.2, 0.25) is 0 Å². The number of hydrogen-bond donors (Lipinski definition) is 1. The Morgan fingerprint density at radius 1 is 0.944 bits per heavy atom. The van der Waals surface area contributed by atoms with Gasteiger partial charge in [-0.25, -0.2) is 0 Å². The average Bonchev–Trinajstić information content (AvgIpc) is 3.38. The lowest BCUT2D eigenvalue weighted by atomic mass is 9.73. The summed E-state index contributed by atoms with van der Waals surface area (Å²) in [5, 5.41) is 3.74. The van der Waals surface area contributed by atoms with Gasteiger partial charge in [0, 0.05) is 42.1 Å². The maximum Gasteiger partial charge on any atom is 0.227 e. The second kappa shape index (κ2) is 12.8. The highest BCUT2D eigenvalue weighted by atomic mass is 79.9. The van der Waals surface area contributed by atoms with Crippen molar-refractivity contribution in [3.8, 4) is 0 Å². The van der Waals surface area contributed by atoms with Crippen LogP contribution in [-0.4, -0.2) is 64.3 Å². The van der Waals surface area contributed by atoms with Crippen LogP contribution in [0, 0.1) is 35.5 Å². The zero-order valence-electron chi connectivity index (χ0n) is 24.2. The third-order valence-corrected chi connectivity index (χ3v) is 12.2. The van der Waals surface area contributed by atoms with Crippen LogP contribution in [-0.2, 0) is 4.79 Å². The molecular weight excluding hydrogens is 510 g/mol.